The van der Waals surface area contributed by atoms with Gasteiger partial charge in [-0.15, -0.1) is 0 Å². The Balaban J connectivity index is 0. The molecule has 1 atom stereocenters. The lowest BCUT2D eigenvalue weighted by Gasteiger charge is -2.19. The van der Waals surface area contributed by atoms with Crippen LogP contribution in [0.2, 0.25) is 0 Å². The van der Waals surface area contributed by atoms with E-state index in [1.54, 1.807) is 6.92 Å². The van der Waals surface area contributed by atoms with Crippen LogP contribution in [-0.4, -0.2) is 29.0 Å². The van der Waals surface area contributed by atoms with Gasteiger partial charge in [0.2, 0.25) is 0 Å². The van der Waals surface area contributed by atoms with Crippen LogP contribution in [0.1, 0.15) is 19.8 Å². The largest absolute Gasteiger partial charge is 0.396 e. The summed E-state index contributed by atoms with van der Waals surface area (Å²) < 4.78 is 0. The molecule has 0 heterocycles. The predicted molar refractivity (Wildman–Crippen MR) is 41.0 cm³/mol. The van der Waals surface area contributed by atoms with Crippen LogP contribution in [0.25, 0.3) is 0 Å². The molecule has 0 bridgehead atoms. The first kappa shape index (κ1) is 12.5. The quantitative estimate of drug-likeness (QED) is 0.439. The van der Waals surface area contributed by atoms with E-state index in [1.807, 2.05) is 0 Å². The maximum atomic E-state index is 9.22. The highest BCUT2D eigenvalue weighted by Gasteiger charge is 2.16. The van der Waals surface area contributed by atoms with E-state index in [9.17, 15) is 5.11 Å². The summed E-state index contributed by atoms with van der Waals surface area (Å²) in [6, 6.07) is 0. The monoisotopic (exact) mass is 150 g/mol. The van der Waals surface area contributed by atoms with Crippen molar-refractivity contribution >= 4 is 0 Å². The smallest absolute Gasteiger partial charge is 0.0742 e. The molecule has 0 spiro atoms. The topological polar surface area (TPSA) is 101 Å². The number of hydrogen-bond donors (Lipinski definition) is 4. The molecule has 7 N–H and O–H groups in total. The molecule has 0 amide bonds. The van der Waals surface area contributed by atoms with Crippen LogP contribution in [0.15, 0.2) is 0 Å². The Morgan fingerprint density at radius 1 is 1.50 bits per heavy atom. The van der Waals surface area contributed by atoms with Crippen LogP contribution in [0, 0.1) is 0 Å². The molecule has 0 fully saturated rings. The lowest BCUT2D eigenvalue weighted by molar-refractivity contribution is 0.0524. The average molecular weight is 150 g/mol. The summed E-state index contributed by atoms with van der Waals surface area (Å²) in [5, 5.41) is 17.6. The van der Waals surface area contributed by atoms with Crippen LogP contribution in [0.4, 0.5) is 0 Å². The molecule has 0 aromatic rings. The van der Waals surface area contributed by atoms with Crippen molar-refractivity contribution in [2.75, 3.05) is 13.2 Å². The van der Waals surface area contributed by atoms with Crippen molar-refractivity contribution in [3.63, 3.8) is 0 Å². The summed E-state index contributed by atoms with van der Waals surface area (Å²) in [5.41, 5.74) is 4.43. The van der Waals surface area contributed by atoms with Gasteiger partial charge in [-0.2, -0.15) is 0 Å². The Morgan fingerprint density at radius 3 is 2.30 bits per heavy atom. The predicted octanol–water partition coefficient (Wildman–Crippen LogP) is -0.369. The van der Waals surface area contributed by atoms with E-state index in [1.165, 1.54) is 0 Å². The van der Waals surface area contributed by atoms with Crippen LogP contribution in [-0.2, 0) is 0 Å². The second-order valence-electron chi connectivity index (χ2n) is 2.53. The van der Waals surface area contributed by atoms with Gasteiger partial charge in [0.05, 0.1) is 5.60 Å². The van der Waals surface area contributed by atoms with Gasteiger partial charge in [-0.25, -0.2) is 0 Å². The van der Waals surface area contributed by atoms with Gasteiger partial charge in [0.15, 0.2) is 0 Å². The first-order valence-electron chi connectivity index (χ1n) is 3.16. The first-order chi connectivity index (χ1) is 4.12. The molecule has 0 aliphatic carbocycles. The first-order valence-corrected chi connectivity index (χ1v) is 3.16. The summed E-state index contributed by atoms with van der Waals surface area (Å²) in [5.74, 6) is 0. The highest BCUT2D eigenvalue weighted by Crippen LogP contribution is 2.08. The Labute approximate surface area is 61.6 Å². The number of rotatable bonds is 4. The Hall–Kier alpha value is -0.160. The van der Waals surface area contributed by atoms with Crippen molar-refractivity contribution < 1.29 is 10.2 Å². The van der Waals surface area contributed by atoms with Gasteiger partial charge >= 0.3 is 0 Å². The highest BCUT2D eigenvalue weighted by molar-refractivity contribution is 4.72. The summed E-state index contributed by atoms with van der Waals surface area (Å²) in [6.45, 7) is 2.05. The number of aliphatic hydroxyl groups excluding tert-OH is 1. The maximum absolute atomic E-state index is 9.22. The SMILES string of the molecule is CC(O)(CN)CCCO.N. The third-order valence-electron chi connectivity index (χ3n) is 1.31. The molecule has 0 saturated heterocycles. The second-order valence-corrected chi connectivity index (χ2v) is 2.53. The fraction of sp³-hybridized carbons (Fsp3) is 1.00. The standard InChI is InChI=1S/C6H15NO2.H3N/c1-6(9,5-7)3-2-4-8;/h8-9H,2-5,7H2,1H3;1H3. The molecular formula is C6H18N2O2. The van der Waals surface area contributed by atoms with E-state index in [4.69, 9.17) is 10.8 Å². The van der Waals surface area contributed by atoms with Gasteiger partial charge in [-0.3, -0.25) is 0 Å². The maximum Gasteiger partial charge on any atom is 0.0742 e. The van der Waals surface area contributed by atoms with E-state index in [2.05, 4.69) is 0 Å². The minimum Gasteiger partial charge on any atom is -0.396 e. The third kappa shape index (κ3) is 5.97. The number of nitrogens with two attached hydrogens (primary N) is 1. The molecule has 0 aromatic carbocycles. The molecule has 64 valence electrons. The fourth-order valence-electron chi connectivity index (χ4n) is 0.562. The number of aliphatic hydroxyl groups is 2. The van der Waals surface area contributed by atoms with E-state index in [0.29, 0.717) is 12.8 Å². The molecule has 0 aromatic heterocycles. The lowest BCUT2D eigenvalue weighted by Crippen LogP contribution is -2.34. The van der Waals surface area contributed by atoms with Crippen LogP contribution >= 0.6 is 0 Å². The highest BCUT2D eigenvalue weighted by atomic mass is 16.3. The van der Waals surface area contributed by atoms with Crippen molar-refractivity contribution in [3.8, 4) is 0 Å². The van der Waals surface area contributed by atoms with Gasteiger partial charge in [0.1, 0.15) is 0 Å². The molecule has 0 rings (SSSR count). The molecule has 1 unspecified atom stereocenters. The van der Waals surface area contributed by atoms with Gasteiger partial charge in [-0.1, -0.05) is 0 Å². The van der Waals surface area contributed by atoms with Crippen LogP contribution < -0.4 is 11.9 Å². The normalized spacial score (nSPS) is 15.6. The van der Waals surface area contributed by atoms with Crippen molar-refractivity contribution in [2.24, 2.45) is 5.73 Å². The molecule has 10 heavy (non-hydrogen) atoms. The lowest BCUT2D eigenvalue weighted by atomic mass is 10.0. The molecule has 4 heteroatoms. The van der Waals surface area contributed by atoms with Crippen molar-refractivity contribution in [2.45, 2.75) is 25.4 Å². The zero-order valence-electron chi connectivity index (χ0n) is 6.51. The van der Waals surface area contributed by atoms with Gasteiger partial charge in [-0.05, 0) is 19.8 Å². The van der Waals surface area contributed by atoms with Crippen molar-refractivity contribution in [1.29, 1.82) is 0 Å². The van der Waals surface area contributed by atoms with Crippen molar-refractivity contribution in [1.82, 2.24) is 6.15 Å². The van der Waals surface area contributed by atoms with E-state index in [-0.39, 0.29) is 19.3 Å². The second kappa shape index (κ2) is 5.61. The molecular weight excluding hydrogens is 132 g/mol. The van der Waals surface area contributed by atoms with Gasteiger partial charge in [0, 0.05) is 13.2 Å². The third-order valence-corrected chi connectivity index (χ3v) is 1.31. The minimum atomic E-state index is -0.789. The Kier molecular flexibility index (Phi) is 7.02. The molecule has 0 aliphatic rings. The number of hydrogen-bond acceptors (Lipinski definition) is 4. The molecule has 0 aliphatic heterocycles. The zero-order chi connectivity index (χ0) is 7.33. The van der Waals surface area contributed by atoms with Crippen molar-refractivity contribution in [3.05, 3.63) is 0 Å². The fourth-order valence-corrected chi connectivity index (χ4v) is 0.562. The van der Waals surface area contributed by atoms with E-state index in [0.717, 1.165) is 0 Å². The van der Waals surface area contributed by atoms with E-state index < -0.39 is 5.60 Å². The molecule has 4 nitrogen and oxygen atoms in total. The molecule has 0 saturated carbocycles. The summed E-state index contributed by atoms with van der Waals surface area (Å²) in [6.07, 6.45) is 1.18. The van der Waals surface area contributed by atoms with Gasteiger partial charge < -0.3 is 22.1 Å². The van der Waals surface area contributed by atoms with E-state index >= 15 is 0 Å². The average Bonchev–Trinajstić information content (AvgIpc) is 1.84. The zero-order valence-corrected chi connectivity index (χ0v) is 6.51. The van der Waals surface area contributed by atoms with Gasteiger partial charge in [0.25, 0.3) is 0 Å². The van der Waals surface area contributed by atoms with Crippen LogP contribution in [0.5, 0.6) is 0 Å². The summed E-state index contributed by atoms with van der Waals surface area (Å²) >= 11 is 0. The molecule has 0 radical (unpaired) electrons. The Bertz CT molecular complexity index is 76.1. The minimum absolute atomic E-state index is 0. The van der Waals surface area contributed by atoms with Crippen LogP contribution in [0.3, 0.4) is 0 Å². The summed E-state index contributed by atoms with van der Waals surface area (Å²) in [4.78, 5) is 0. The summed E-state index contributed by atoms with van der Waals surface area (Å²) in [7, 11) is 0. The Morgan fingerprint density at radius 2 is 2.00 bits per heavy atom.